The lowest BCUT2D eigenvalue weighted by Crippen LogP contribution is -2.34. The summed E-state index contributed by atoms with van der Waals surface area (Å²) in [4.78, 5) is 11.7. The number of nitrogens with one attached hydrogen (secondary N) is 1. The number of hydrogen-bond donors (Lipinski definition) is 1. The monoisotopic (exact) mass is 272 g/mol. The Morgan fingerprint density at radius 3 is 2.55 bits per heavy atom. The van der Waals surface area contributed by atoms with Gasteiger partial charge in [0.05, 0.1) is 0 Å². The van der Waals surface area contributed by atoms with Gasteiger partial charge < -0.3 is 10.1 Å². The van der Waals surface area contributed by atoms with Crippen LogP contribution in [0.5, 0.6) is 5.75 Å². The first-order chi connectivity index (χ1) is 9.52. The van der Waals surface area contributed by atoms with E-state index in [1.165, 1.54) is 6.08 Å². The molecule has 4 nitrogen and oxygen atoms in total. The van der Waals surface area contributed by atoms with Crippen molar-refractivity contribution in [3.63, 3.8) is 0 Å². The zero-order valence-corrected chi connectivity index (χ0v) is 12.1. The van der Waals surface area contributed by atoms with E-state index in [0.717, 1.165) is 5.56 Å². The quantitative estimate of drug-likeness (QED) is 0.810. The fourth-order valence-electron chi connectivity index (χ4n) is 1.40. The van der Waals surface area contributed by atoms with Crippen molar-refractivity contribution in [2.45, 2.75) is 26.8 Å². The van der Waals surface area contributed by atoms with Crippen LogP contribution in [0.1, 0.15) is 26.3 Å². The van der Waals surface area contributed by atoms with Crippen LogP contribution in [0.25, 0.3) is 6.08 Å². The van der Waals surface area contributed by atoms with E-state index in [4.69, 9.17) is 10.00 Å². The Labute approximate surface area is 120 Å². The van der Waals surface area contributed by atoms with Crippen molar-refractivity contribution in [1.29, 1.82) is 5.26 Å². The molecule has 20 heavy (non-hydrogen) atoms. The summed E-state index contributed by atoms with van der Waals surface area (Å²) >= 11 is 0. The molecule has 0 aliphatic rings. The van der Waals surface area contributed by atoms with Gasteiger partial charge in [0.2, 0.25) is 5.91 Å². The molecule has 1 aromatic rings. The second-order valence-electron chi connectivity index (χ2n) is 4.89. The topological polar surface area (TPSA) is 62.1 Å². The van der Waals surface area contributed by atoms with Gasteiger partial charge in [-0.15, -0.1) is 0 Å². The number of rotatable bonds is 6. The molecule has 1 amide bonds. The predicted octanol–water partition coefficient (Wildman–Crippen LogP) is 2.76. The van der Waals surface area contributed by atoms with Gasteiger partial charge in [-0.3, -0.25) is 4.79 Å². The third kappa shape index (κ3) is 5.57. The van der Waals surface area contributed by atoms with Crippen LogP contribution in [-0.2, 0) is 4.79 Å². The Bertz CT molecular complexity index is 498. The second kappa shape index (κ2) is 8.00. The maximum Gasteiger partial charge on any atom is 0.244 e. The Morgan fingerprint density at radius 1 is 1.35 bits per heavy atom. The lowest BCUT2D eigenvalue weighted by molar-refractivity contribution is -0.117. The molecule has 0 saturated heterocycles. The minimum Gasteiger partial charge on any atom is -0.479 e. The van der Waals surface area contributed by atoms with Gasteiger partial charge >= 0.3 is 0 Å². The summed E-state index contributed by atoms with van der Waals surface area (Å²) < 4.78 is 5.15. The number of carbonyl (C=O) groups is 1. The van der Waals surface area contributed by atoms with Gasteiger partial charge in [-0.1, -0.05) is 26.0 Å². The third-order valence-electron chi connectivity index (χ3n) is 2.98. The van der Waals surface area contributed by atoms with Crippen LogP contribution in [0.3, 0.4) is 0 Å². The highest BCUT2D eigenvalue weighted by molar-refractivity contribution is 5.91. The second-order valence-corrected chi connectivity index (χ2v) is 4.89. The van der Waals surface area contributed by atoms with Crippen LogP contribution in [0.15, 0.2) is 30.3 Å². The molecule has 0 heterocycles. The van der Waals surface area contributed by atoms with E-state index in [9.17, 15) is 4.79 Å². The van der Waals surface area contributed by atoms with Gasteiger partial charge in [-0.05, 0) is 36.6 Å². The Kier molecular flexibility index (Phi) is 6.31. The average Bonchev–Trinajstić information content (AvgIpc) is 2.43. The first-order valence-corrected chi connectivity index (χ1v) is 6.61. The summed E-state index contributed by atoms with van der Waals surface area (Å²) in [5, 5.41) is 11.3. The molecule has 106 valence electrons. The highest BCUT2D eigenvalue weighted by Gasteiger charge is 2.07. The molecule has 1 aromatic carbocycles. The SMILES string of the molecule is CC(C)C(C)NC(=O)/C=C/c1ccc(OCC#N)cc1. The standard InChI is InChI=1S/C16H20N2O2/c1-12(2)13(3)18-16(19)9-6-14-4-7-15(8-5-14)20-11-10-17/h4-9,12-13H,11H2,1-3H3,(H,18,19)/b9-6+. The molecule has 1 N–H and O–H groups in total. The third-order valence-corrected chi connectivity index (χ3v) is 2.98. The van der Waals surface area contributed by atoms with E-state index in [1.807, 2.05) is 25.1 Å². The molecule has 1 unspecified atom stereocenters. The normalized spacial score (nSPS) is 12.2. The minimum atomic E-state index is -0.101. The van der Waals surface area contributed by atoms with E-state index >= 15 is 0 Å². The van der Waals surface area contributed by atoms with Crippen LogP contribution in [-0.4, -0.2) is 18.6 Å². The first kappa shape index (κ1) is 15.8. The van der Waals surface area contributed by atoms with Gasteiger partial charge in [-0.2, -0.15) is 5.26 Å². The summed E-state index contributed by atoms with van der Waals surface area (Å²) in [6, 6.07) is 9.27. The molecule has 0 spiro atoms. The highest BCUT2D eigenvalue weighted by atomic mass is 16.5. The van der Waals surface area contributed by atoms with Crippen molar-refractivity contribution in [2.24, 2.45) is 5.92 Å². The average molecular weight is 272 g/mol. The van der Waals surface area contributed by atoms with Crippen molar-refractivity contribution in [1.82, 2.24) is 5.32 Å². The van der Waals surface area contributed by atoms with Gasteiger partial charge in [0, 0.05) is 12.1 Å². The maximum absolute atomic E-state index is 11.7. The fourth-order valence-corrected chi connectivity index (χ4v) is 1.40. The van der Waals surface area contributed by atoms with E-state index in [-0.39, 0.29) is 18.6 Å². The molecule has 0 aromatic heterocycles. The molecule has 1 atom stereocenters. The van der Waals surface area contributed by atoms with E-state index in [1.54, 1.807) is 18.2 Å². The van der Waals surface area contributed by atoms with Crippen LogP contribution >= 0.6 is 0 Å². The first-order valence-electron chi connectivity index (χ1n) is 6.61. The van der Waals surface area contributed by atoms with Crippen LogP contribution in [0.2, 0.25) is 0 Å². The van der Waals surface area contributed by atoms with Crippen molar-refractivity contribution >= 4 is 12.0 Å². The molecule has 0 aliphatic heterocycles. The Balaban J connectivity index is 2.53. The van der Waals surface area contributed by atoms with Gasteiger partial charge in [-0.25, -0.2) is 0 Å². The van der Waals surface area contributed by atoms with Crippen molar-refractivity contribution in [3.8, 4) is 11.8 Å². The van der Waals surface area contributed by atoms with Crippen LogP contribution < -0.4 is 10.1 Å². The lowest BCUT2D eigenvalue weighted by Gasteiger charge is -2.15. The fraction of sp³-hybridized carbons (Fsp3) is 0.375. The Morgan fingerprint density at radius 2 is 2.00 bits per heavy atom. The predicted molar refractivity (Wildman–Crippen MR) is 79.0 cm³/mol. The molecule has 0 fully saturated rings. The number of nitriles is 1. The van der Waals surface area contributed by atoms with E-state index in [2.05, 4.69) is 19.2 Å². The largest absolute Gasteiger partial charge is 0.479 e. The van der Waals surface area contributed by atoms with Crippen molar-refractivity contribution in [3.05, 3.63) is 35.9 Å². The van der Waals surface area contributed by atoms with Crippen molar-refractivity contribution < 1.29 is 9.53 Å². The molecular formula is C16H20N2O2. The molecule has 1 rings (SSSR count). The molecule has 0 saturated carbocycles. The van der Waals surface area contributed by atoms with Crippen LogP contribution in [0.4, 0.5) is 0 Å². The number of ether oxygens (including phenoxy) is 1. The van der Waals surface area contributed by atoms with Gasteiger partial charge in [0.1, 0.15) is 11.8 Å². The number of hydrogen-bond acceptors (Lipinski definition) is 3. The van der Waals surface area contributed by atoms with E-state index in [0.29, 0.717) is 11.7 Å². The number of amides is 1. The lowest BCUT2D eigenvalue weighted by atomic mass is 10.1. The van der Waals surface area contributed by atoms with Crippen molar-refractivity contribution in [2.75, 3.05) is 6.61 Å². The highest BCUT2D eigenvalue weighted by Crippen LogP contribution is 2.13. The zero-order chi connectivity index (χ0) is 15.0. The number of nitrogens with zero attached hydrogens (tertiary/aromatic N) is 1. The zero-order valence-electron chi connectivity index (χ0n) is 12.1. The summed E-state index contributed by atoms with van der Waals surface area (Å²) in [5.41, 5.74) is 0.904. The summed E-state index contributed by atoms with van der Waals surface area (Å²) in [7, 11) is 0. The van der Waals surface area contributed by atoms with Crippen LogP contribution in [0, 0.1) is 17.2 Å². The Hall–Kier alpha value is -2.28. The molecule has 4 heteroatoms. The number of benzene rings is 1. The molecule has 0 radical (unpaired) electrons. The molecular weight excluding hydrogens is 252 g/mol. The summed E-state index contributed by atoms with van der Waals surface area (Å²) in [6.45, 7) is 6.14. The van der Waals surface area contributed by atoms with E-state index < -0.39 is 0 Å². The molecule has 0 aliphatic carbocycles. The maximum atomic E-state index is 11.7. The molecule has 0 bridgehead atoms. The van der Waals surface area contributed by atoms with Gasteiger partial charge in [0.15, 0.2) is 6.61 Å². The minimum absolute atomic E-state index is 0.0324. The summed E-state index contributed by atoms with van der Waals surface area (Å²) in [6.07, 6.45) is 3.26. The summed E-state index contributed by atoms with van der Waals surface area (Å²) in [5.74, 6) is 0.946. The van der Waals surface area contributed by atoms with Gasteiger partial charge in [0.25, 0.3) is 0 Å². The number of carbonyl (C=O) groups excluding carboxylic acids is 1. The smallest absolute Gasteiger partial charge is 0.244 e.